The maximum absolute atomic E-state index is 13.1. The molecule has 0 spiro atoms. The summed E-state index contributed by atoms with van der Waals surface area (Å²) in [7, 11) is 0. The molecule has 0 amide bonds. The van der Waals surface area contributed by atoms with Gasteiger partial charge in [0.25, 0.3) is 0 Å². The number of guanidine groups is 1. The van der Waals surface area contributed by atoms with E-state index in [0.29, 0.717) is 38.1 Å². The van der Waals surface area contributed by atoms with Crippen molar-refractivity contribution in [2.45, 2.75) is 33.4 Å². The van der Waals surface area contributed by atoms with Crippen LogP contribution in [0.25, 0.3) is 0 Å². The number of hydrogen-bond donors (Lipinski definition) is 3. The van der Waals surface area contributed by atoms with Gasteiger partial charge in [0.1, 0.15) is 5.82 Å². The van der Waals surface area contributed by atoms with Gasteiger partial charge in [0.05, 0.1) is 19.3 Å². The van der Waals surface area contributed by atoms with Crippen molar-refractivity contribution in [1.82, 2.24) is 10.6 Å². The van der Waals surface area contributed by atoms with Crippen molar-refractivity contribution in [2.24, 2.45) is 10.9 Å². The first-order valence-electron chi connectivity index (χ1n) is 8.03. The van der Waals surface area contributed by atoms with E-state index in [1.54, 1.807) is 6.07 Å². The normalized spacial score (nSPS) is 12.7. The lowest BCUT2D eigenvalue weighted by Crippen LogP contribution is -2.42. The van der Waals surface area contributed by atoms with Crippen LogP contribution in [0.1, 0.15) is 26.3 Å². The van der Waals surface area contributed by atoms with Gasteiger partial charge < -0.3 is 20.5 Å². The summed E-state index contributed by atoms with van der Waals surface area (Å²) in [4.78, 5) is 4.38. The lowest BCUT2D eigenvalue weighted by atomic mass is 10.2. The Morgan fingerprint density at radius 1 is 1.29 bits per heavy atom. The van der Waals surface area contributed by atoms with Gasteiger partial charge >= 0.3 is 0 Å². The van der Waals surface area contributed by atoms with Crippen LogP contribution in [-0.4, -0.2) is 43.5 Å². The minimum atomic E-state index is -0.605. The van der Waals surface area contributed by atoms with Crippen LogP contribution in [0.15, 0.2) is 29.3 Å². The summed E-state index contributed by atoms with van der Waals surface area (Å²) in [6.07, 6.45) is -0.605. The third kappa shape index (κ3) is 10.8. The van der Waals surface area contributed by atoms with E-state index in [1.165, 1.54) is 12.1 Å². The molecule has 0 aliphatic rings. The number of benzene rings is 1. The number of nitrogens with zero attached hydrogens (tertiary/aromatic N) is 1. The Morgan fingerprint density at radius 3 is 2.67 bits per heavy atom. The maximum Gasteiger partial charge on any atom is 0.191 e. The zero-order valence-corrected chi connectivity index (χ0v) is 16.9. The van der Waals surface area contributed by atoms with E-state index in [-0.39, 0.29) is 36.4 Å². The zero-order chi connectivity index (χ0) is 17.1. The topological polar surface area (TPSA) is 65.9 Å². The van der Waals surface area contributed by atoms with E-state index < -0.39 is 6.10 Å². The van der Waals surface area contributed by atoms with Gasteiger partial charge in [-0.15, -0.1) is 24.0 Å². The summed E-state index contributed by atoms with van der Waals surface area (Å²) in [5.74, 6) is 0.758. The van der Waals surface area contributed by atoms with Crippen molar-refractivity contribution in [3.05, 3.63) is 35.6 Å². The molecule has 1 rings (SSSR count). The molecule has 0 aliphatic heterocycles. The lowest BCUT2D eigenvalue weighted by Gasteiger charge is -2.16. The van der Waals surface area contributed by atoms with E-state index in [4.69, 9.17) is 4.74 Å². The molecule has 1 atom stereocenters. The molecule has 1 unspecified atom stereocenters. The SMILES string of the molecule is CCNC(=NCc1cccc(F)c1)NCC(O)COCC(C)C.I. The fourth-order valence-electron chi connectivity index (χ4n) is 1.86. The predicted molar refractivity (Wildman–Crippen MR) is 106 cm³/mol. The number of hydrogen-bond acceptors (Lipinski definition) is 3. The summed E-state index contributed by atoms with van der Waals surface area (Å²) in [5.41, 5.74) is 0.794. The third-order valence-electron chi connectivity index (χ3n) is 2.92. The molecular formula is C17H29FIN3O2. The van der Waals surface area contributed by atoms with Crippen molar-refractivity contribution in [2.75, 3.05) is 26.3 Å². The Kier molecular flexibility index (Phi) is 12.9. The van der Waals surface area contributed by atoms with Gasteiger partial charge in [-0.25, -0.2) is 9.38 Å². The average Bonchev–Trinajstić information content (AvgIpc) is 2.50. The Morgan fingerprint density at radius 2 is 2.04 bits per heavy atom. The Balaban J connectivity index is 0.00000529. The first kappa shape index (κ1) is 23.1. The zero-order valence-electron chi connectivity index (χ0n) is 14.6. The Labute approximate surface area is 161 Å². The number of aliphatic hydroxyl groups excluding tert-OH is 1. The molecule has 1 aromatic carbocycles. The molecular weight excluding hydrogens is 424 g/mol. The maximum atomic E-state index is 13.1. The van der Waals surface area contributed by atoms with Crippen LogP contribution in [-0.2, 0) is 11.3 Å². The summed E-state index contributed by atoms with van der Waals surface area (Å²) < 4.78 is 18.5. The molecule has 3 N–H and O–H groups in total. The van der Waals surface area contributed by atoms with Gasteiger partial charge in [0.2, 0.25) is 0 Å². The monoisotopic (exact) mass is 453 g/mol. The molecule has 0 aliphatic carbocycles. The van der Waals surface area contributed by atoms with E-state index in [0.717, 1.165) is 5.56 Å². The summed E-state index contributed by atoms with van der Waals surface area (Å²) in [6.45, 7) is 8.41. The molecule has 0 aromatic heterocycles. The van der Waals surface area contributed by atoms with Crippen LogP contribution in [0.3, 0.4) is 0 Å². The fourth-order valence-corrected chi connectivity index (χ4v) is 1.86. The first-order valence-corrected chi connectivity index (χ1v) is 8.03. The molecule has 5 nitrogen and oxygen atoms in total. The van der Waals surface area contributed by atoms with Gasteiger partial charge in [0.15, 0.2) is 5.96 Å². The van der Waals surface area contributed by atoms with E-state index in [9.17, 15) is 9.50 Å². The fraction of sp³-hybridized carbons (Fsp3) is 0.588. The van der Waals surface area contributed by atoms with Crippen molar-refractivity contribution in [1.29, 1.82) is 0 Å². The van der Waals surface area contributed by atoms with Gasteiger partial charge in [-0.2, -0.15) is 0 Å². The largest absolute Gasteiger partial charge is 0.389 e. The summed E-state index contributed by atoms with van der Waals surface area (Å²) >= 11 is 0. The van der Waals surface area contributed by atoms with Gasteiger partial charge in [-0.1, -0.05) is 26.0 Å². The summed E-state index contributed by atoms with van der Waals surface area (Å²) in [5, 5.41) is 16.0. The molecule has 138 valence electrons. The standard InChI is InChI=1S/C17H28FN3O2.HI/c1-4-19-17(20-9-14-6-5-7-15(18)8-14)21-10-16(22)12-23-11-13(2)3;/h5-8,13,16,22H,4,9-12H2,1-3H3,(H2,19,20,21);1H. The van der Waals surface area contributed by atoms with E-state index in [2.05, 4.69) is 29.5 Å². The molecule has 0 heterocycles. The lowest BCUT2D eigenvalue weighted by molar-refractivity contribution is 0.0280. The second-order valence-corrected chi connectivity index (χ2v) is 5.79. The quantitative estimate of drug-likeness (QED) is 0.306. The molecule has 0 saturated carbocycles. The number of rotatable bonds is 9. The molecule has 0 radical (unpaired) electrons. The van der Waals surface area contributed by atoms with Gasteiger partial charge in [-0.05, 0) is 30.5 Å². The Bertz CT molecular complexity index is 487. The highest BCUT2D eigenvalue weighted by Crippen LogP contribution is 2.04. The number of nitrogens with one attached hydrogen (secondary N) is 2. The molecule has 0 saturated heterocycles. The number of aliphatic hydroxyl groups is 1. The van der Waals surface area contributed by atoms with Crippen LogP contribution in [0.4, 0.5) is 4.39 Å². The number of aliphatic imine (C=N–C) groups is 1. The minimum Gasteiger partial charge on any atom is -0.389 e. The Hall–Kier alpha value is -0.930. The molecule has 24 heavy (non-hydrogen) atoms. The number of halogens is 2. The van der Waals surface area contributed by atoms with Crippen LogP contribution >= 0.6 is 24.0 Å². The second-order valence-electron chi connectivity index (χ2n) is 5.79. The van der Waals surface area contributed by atoms with Crippen molar-refractivity contribution >= 4 is 29.9 Å². The second kappa shape index (κ2) is 13.4. The predicted octanol–water partition coefficient (Wildman–Crippen LogP) is 2.53. The smallest absolute Gasteiger partial charge is 0.191 e. The van der Waals surface area contributed by atoms with Crippen LogP contribution < -0.4 is 10.6 Å². The third-order valence-corrected chi connectivity index (χ3v) is 2.92. The van der Waals surface area contributed by atoms with Crippen molar-refractivity contribution < 1.29 is 14.2 Å². The van der Waals surface area contributed by atoms with Crippen molar-refractivity contribution in [3.63, 3.8) is 0 Å². The molecule has 7 heteroatoms. The molecule has 1 aromatic rings. The average molecular weight is 453 g/mol. The van der Waals surface area contributed by atoms with E-state index >= 15 is 0 Å². The highest BCUT2D eigenvalue weighted by Gasteiger charge is 2.06. The summed E-state index contributed by atoms with van der Waals surface area (Å²) in [6, 6.07) is 6.35. The van der Waals surface area contributed by atoms with Gasteiger partial charge in [0, 0.05) is 19.7 Å². The van der Waals surface area contributed by atoms with Crippen LogP contribution in [0.5, 0.6) is 0 Å². The minimum absolute atomic E-state index is 0. The van der Waals surface area contributed by atoms with Crippen molar-refractivity contribution in [3.8, 4) is 0 Å². The van der Waals surface area contributed by atoms with Crippen LogP contribution in [0, 0.1) is 11.7 Å². The van der Waals surface area contributed by atoms with E-state index in [1.807, 2.05) is 13.0 Å². The highest BCUT2D eigenvalue weighted by molar-refractivity contribution is 14.0. The van der Waals surface area contributed by atoms with Gasteiger partial charge in [-0.3, -0.25) is 0 Å². The highest BCUT2D eigenvalue weighted by atomic mass is 127. The molecule has 0 bridgehead atoms. The first-order chi connectivity index (χ1) is 11.0. The number of ether oxygens (including phenoxy) is 1. The molecule has 0 fully saturated rings. The van der Waals surface area contributed by atoms with Crippen LogP contribution in [0.2, 0.25) is 0 Å².